The van der Waals surface area contributed by atoms with E-state index in [4.69, 9.17) is 5.84 Å². The van der Waals surface area contributed by atoms with E-state index < -0.39 is 0 Å². The second-order valence-electron chi connectivity index (χ2n) is 2.24. The Morgan fingerprint density at radius 3 is 2.75 bits per heavy atom. The molecule has 0 unspecified atom stereocenters. The van der Waals surface area contributed by atoms with E-state index >= 15 is 0 Å². The van der Waals surface area contributed by atoms with Crippen LogP contribution in [0.5, 0.6) is 0 Å². The van der Waals surface area contributed by atoms with E-state index in [0.717, 1.165) is 16.9 Å². The summed E-state index contributed by atoms with van der Waals surface area (Å²) < 4.78 is 0. The first kappa shape index (κ1) is 8.49. The molecule has 3 heteroatoms. The highest BCUT2D eigenvalue weighted by atomic mass is 15.2. The highest BCUT2D eigenvalue weighted by Gasteiger charge is 2.00. The molecule has 0 bridgehead atoms. The van der Waals surface area contributed by atoms with E-state index in [1.54, 1.807) is 6.08 Å². The van der Waals surface area contributed by atoms with Gasteiger partial charge in [-0.05, 0) is 18.9 Å². The molecule has 0 aliphatic carbocycles. The Morgan fingerprint density at radius 2 is 2.25 bits per heavy atom. The quantitative estimate of drug-likeness (QED) is 0.404. The number of aliphatic imine (C=N–C) groups is 1. The molecule has 0 amide bonds. The van der Waals surface area contributed by atoms with Gasteiger partial charge in [-0.25, -0.2) is 0 Å². The Kier molecular flexibility index (Phi) is 2.61. The lowest BCUT2D eigenvalue weighted by atomic mass is 10.1. The summed E-state index contributed by atoms with van der Waals surface area (Å²) in [6.07, 6.45) is 1.69. The summed E-state index contributed by atoms with van der Waals surface area (Å²) >= 11 is 0. The van der Waals surface area contributed by atoms with Crippen molar-refractivity contribution in [1.29, 1.82) is 0 Å². The number of hydrazine groups is 1. The number of benzene rings is 1. The van der Waals surface area contributed by atoms with Gasteiger partial charge in [-0.15, -0.1) is 0 Å². The smallest absolute Gasteiger partial charge is 0.0715 e. The van der Waals surface area contributed by atoms with E-state index in [0.29, 0.717) is 0 Å². The van der Waals surface area contributed by atoms with E-state index in [2.05, 4.69) is 23.7 Å². The van der Waals surface area contributed by atoms with Crippen LogP contribution in [-0.4, -0.2) is 6.72 Å². The number of nitrogens with two attached hydrogens (primary N) is 1. The molecular formula is C9H11N3. The normalized spacial score (nSPS) is 9.08. The Bertz CT molecular complexity index is 305. The van der Waals surface area contributed by atoms with Gasteiger partial charge in [0.15, 0.2) is 0 Å². The van der Waals surface area contributed by atoms with Gasteiger partial charge in [0.25, 0.3) is 0 Å². The highest BCUT2D eigenvalue weighted by Crippen LogP contribution is 2.26. The van der Waals surface area contributed by atoms with Crippen molar-refractivity contribution < 1.29 is 0 Å². The van der Waals surface area contributed by atoms with Crippen LogP contribution >= 0.6 is 0 Å². The van der Waals surface area contributed by atoms with E-state index in [1.807, 2.05) is 18.2 Å². The van der Waals surface area contributed by atoms with Gasteiger partial charge in [0, 0.05) is 5.56 Å². The molecule has 0 spiro atoms. The fraction of sp³-hybridized carbons (Fsp3) is 0. The largest absolute Gasteiger partial charge is 0.323 e. The molecule has 0 fully saturated rings. The van der Waals surface area contributed by atoms with Crippen molar-refractivity contribution in [2.45, 2.75) is 0 Å². The molecule has 1 rings (SSSR count). The van der Waals surface area contributed by atoms with Crippen LogP contribution in [0.25, 0.3) is 6.08 Å². The molecule has 0 aliphatic rings. The van der Waals surface area contributed by atoms with Crippen molar-refractivity contribution in [3.05, 3.63) is 30.3 Å². The first-order valence-electron chi connectivity index (χ1n) is 3.52. The van der Waals surface area contributed by atoms with Gasteiger partial charge in [-0.3, -0.25) is 10.8 Å². The van der Waals surface area contributed by atoms with Gasteiger partial charge in [0.2, 0.25) is 0 Å². The number of hydrogen-bond acceptors (Lipinski definition) is 3. The molecule has 0 radical (unpaired) electrons. The molecule has 12 heavy (non-hydrogen) atoms. The van der Waals surface area contributed by atoms with E-state index in [-0.39, 0.29) is 0 Å². The first-order chi connectivity index (χ1) is 5.83. The lowest BCUT2D eigenvalue weighted by Crippen LogP contribution is -2.07. The molecule has 0 atom stereocenters. The summed E-state index contributed by atoms with van der Waals surface area (Å²) in [4.78, 5) is 3.83. The minimum atomic E-state index is 0.778. The molecule has 62 valence electrons. The van der Waals surface area contributed by atoms with Gasteiger partial charge in [0.05, 0.1) is 11.4 Å². The third kappa shape index (κ3) is 1.35. The fourth-order valence-corrected chi connectivity index (χ4v) is 1.03. The summed E-state index contributed by atoms with van der Waals surface area (Å²) in [7, 11) is 0. The van der Waals surface area contributed by atoms with Crippen molar-refractivity contribution >= 4 is 24.2 Å². The fourth-order valence-electron chi connectivity index (χ4n) is 1.03. The maximum Gasteiger partial charge on any atom is 0.0715 e. The van der Waals surface area contributed by atoms with Crippen molar-refractivity contribution in [2.24, 2.45) is 10.8 Å². The van der Waals surface area contributed by atoms with Gasteiger partial charge >= 0.3 is 0 Å². The topological polar surface area (TPSA) is 50.4 Å². The number of nitrogens with one attached hydrogen (secondary N) is 1. The van der Waals surface area contributed by atoms with Crippen LogP contribution in [0.3, 0.4) is 0 Å². The number of nitrogen functional groups attached to an aromatic ring is 1. The lowest BCUT2D eigenvalue weighted by molar-refractivity contribution is 1.34. The number of rotatable bonds is 3. The zero-order valence-electron chi connectivity index (χ0n) is 6.75. The zero-order chi connectivity index (χ0) is 8.97. The Labute approximate surface area is 71.6 Å². The van der Waals surface area contributed by atoms with Gasteiger partial charge in [-0.2, -0.15) is 0 Å². The number of nitrogens with zero attached hydrogens (tertiary/aromatic N) is 1. The van der Waals surface area contributed by atoms with Crippen LogP contribution in [0.1, 0.15) is 5.56 Å². The van der Waals surface area contributed by atoms with Crippen LogP contribution < -0.4 is 11.3 Å². The summed E-state index contributed by atoms with van der Waals surface area (Å²) in [5.74, 6) is 5.29. The van der Waals surface area contributed by atoms with Crippen LogP contribution in [0.2, 0.25) is 0 Å². The number of hydrogen-bond donors (Lipinski definition) is 2. The maximum absolute atomic E-state index is 5.29. The second-order valence-corrected chi connectivity index (χ2v) is 2.24. The van der Waals surface area contributed by atoms with Crippen LogP contribution in [-0.2, 0) is 0 Å². The van der Waals surface area contributed by atoms with Crippen molar-refractivity contribution in [1.82, 2.24) is 0 Å². The molecule has 0 saturated heterocycles. The van der Waals surface area contributed by atoms with Crippen molar-refractivity contribution in [3.8, 4) is 0 Å². The maximum atomic E-state index is 5.29. The SMILES string of the molecule is C=Cc1c(N=C)cccc1NN. The van der Waals surface area contributed by atoms with E-state index in [1.165, 1.54) is 0 Å². The van der Waals surface area contributed by atoms with Gasteiger partial charge in [-0.1, -0.05) is 18.7 Å². The Hall–Kier alpha value is -1.61. The molecule has 0 aliphatic heterocycles. The van der Waals surface area contributed by atoms with Crippen LogP contribution in [0.15, 0.2) is 29.8 Å². The summed E-state index contributed by atoms with van der Waals surface area (Å²) in [6, 6.07) is 5.56. The molecule has 0 heterocycles. The zero-order valence-corrected chi connectivity index (χ0v) is 6.75. The molecule has 1 aromatic rings. The predicted octanol–water partition coefficient (Wildman–Crippen LogP) is 1.95. The third-order valence-corrected chi connectivity index (χ3v) is 1.61. The van der Waals surface area contributed by atoms with Crippen molar-refractivity contribution in [3.63, 3.8) is 0 Å². The van der Waals surface area contributed by atoms with E-state index in [9.17, 15) is 0 Å². The van der Waals surface area contributed by atoms with Gasteiger partial charge in [0.1, 0.15) is 0 Å². The minimum absolute atomic E-state index is 0.778. The average molecular weight is 161 g/mol. The van der Waals surface area contributed by atoms with Crippen LogP contribution in [0, 0.1) is 0 Å². The number of anilines is 1. The lowest BCUT2D eigenvalue weighted by Gasteiger charge is -2.06. The highest BCUT2D eigenvalue weighted by molar-refractivity contribution is 5.76. The summed E-state index contributed by atoms with van der Waals surface area (Å²) in [6.45, 7) is 7.11. The Morgan fingerprint density at radius 1 is 1.50 bits per heavy atom. The molecule has 1 aromatic carbocycles. The van der Waals surface area contributed by atoms with Crippen molar-refractivity contribution in [2.75, 3.05) is 5.43 Å². The Balaban J connectivity index is 3.31. The van der Waals surface area contributed by atoms with Crippen LogP contribution in [0.4, 0.5) is 11.4 Å². The molecular weight excluding hydrogens is 150 g/mol. The molecule has 0 saturated carbocycles. The predicted molar refractivity (Wildman–Crippen MR) is 53.6 cm³/mol. The molecule has 3 nitrogen and oxygen atoms in total. The standard InChI is InChI=1S/C9H11N3/c1-3-7-8(11-2)5-4-6-9(7)12-10/h3-6,12H,1-2,10H2. The average Bonchev–Trinajstić information content (AvgIpc) is 2.16. The van der Waals surface area contributed by atoms with Gasteiger partial charge < -0.3 is 5.43 Å². The third-order valence-electron chi connectivity index (χ3n) is 1.61. The minimum Gasteiger partial charge on any atom is -0.323 e. The summed E-state index contributed by atoms with van der Waals surface area (Å²) in [5.41, 5.74) is 5.01. The molecule has 0 aromatic heterocycles. The summed E-state index contributed by atoms with van der Waals surface area (Å²) in [5, 5.41) is 0. The first-order valence-corrected chi connectivity index (χ1v) is 3.52. The molecule has 3 N–H and O–H groups in total. The second kappa shape index (κ2) is 3.69. The monoisotopic (exact) mass is 161 g/mol.